The van der Waals surface area contributed by atoms with Crippen molar-refractivity contribution in [1.29, 1.82) is 0 Å². The molecule has 18 heteroatoms. The maximum atomic E-state index is 15.1. The van der Waals surface area contributed by atoms with Gasteiger partial charge in [-0.25, -0.2) is 4.79 Å². The van der Waals surface area contributed by atoms with Crippen LogP contribution in [0.4, 0.5) is 0 Å². The quantitative estimate of drug-likeness (QED) is 0.309. The largest absolute Gasteiger partial charge is 0.465 e. The number of aliphatic hydroxyl groups is 1. The first-order valence-corrected chi connectivity index (χ1v) is 17.2. The molecule has 54 heavy (non-hydrogen) atoms. The molecule has 5 rings (SSSR count). The van der Waals surface area contributed by atoms with E-state index in [1.54, 1.807) is 6.92 Å². The number of carbonyl (C=O) groups is 8. The highest BCUT2D eigenvalue weighted by Crippen LogP contribution is 2.69. The molecular formula is C36H43NO17. The van der Waals surface area contributed by atoms with Gasteiger partial charge in [0.2, 0.25) is 0 Å². The average Bonchev–Trinajstić information content (AvgIpc) is 3.30. The molecule has 1 saturated heterocycles. The summed E-state index contributed by atoms with van der Waals surface area (Å²) in [6.45, 7) is 8.38. The van der Waals surface area contributed by atoms with Gasteiger partial charge in [0.1, 0.15) is 35.9 Å². The van der Waals surface area contributed by atoms with Crippen molar-refractivity contribution < 1.29 is 81.4 Å². The Morgan fingerprint density at radius 2 is 1.44 bits per heavy atom. The molecule has 3 heterocycles. The molecule has 18 nitrogen and oxygen atoms in total. The molecule has 0 aromatic carbocycles. The summed E-state index contributed by atoms with van der Waals surface area (Å²) < 4.78 is 47.3. The van der Waals surface area contributed by atoms with Crippen molar-refractivity contribution in [3.05, 3.63) is 29.6 Å². The van der Waals surface area contributed by atoms with Gasteiger partial charge in [0.05, 0.1) is 23.1 Å². The van der Waals surface area contributed by atoms with Gasteiger partial charge in [-0.05, 0) is 26.0 Å². The Labute approximate surface area is 309 Å². The van der Waals surface area contributed by atoms with Gasteiger partial charge in [-0.2, -0.15) is 0 Å². The Bertz CT molecular complexity index is 1790. The zero-order chi connectivity index (χ0) is 40.3. The van der Waals surface area contributed by atoms with Gasteiger partial charge in [-0.1, -0.05) is 13.8 Å². The molecule has 4 aliphatic rings. The predicted octanol–water partition coefficient (Wildman–Crippen LogP) is 0.671. The zero-order valence-corrected chi connectivity index (χ0v) is 31.2. The van der Waals surface area contributed by atoms with E-state index in [0.29, 0.717) is 0 Å². The van der Waals surface area contributed by atoms with E-state index in [1.807, 2.05) is 0 Å². The van der Waals surface area contributed by atoms with Crippen LogP contribution >= 0.6 is 0 Å². The van der Waals surface area contributed by atoms with Crippen LogP contribution in [0.25, 0.3) is 0 Å². The molecule has 0 unspecified atom stereocenters. The number of aromatic nitrogens is 1. The third kappa shape index (κ3) is 6.08. The first kappa shape index (κ1) is 40.2. The highest BCUT2D eigenvalue weighted by molar-refractivity contribution is 5.94. The molecule has 12 atom stereocenters. The van der Waals surface area contributed by atoms with Crippen LogP contribution in [0.2, 0.25) is 0 Å². The lowest BCUT2D eigenvalue weighted by Crippen LogP contribution is -2.88. The number of ketones is 1. The minimum atomic E-state index is -2.82. The molecule has 1 spiro atoms. The molecule has 2 aliphatic heterocycles. The Morgan fingerprint density at radius 3 is 2.02 bits per heavy atom. The number of pyridine rings is 1. The van der Waals surface area contributed by atoms with Crippen LogP contribution in [0.5, 0.6) is 0 Å². The summed E-state index contributed by atoms with van der Waals surface area (Å²) >= 11 is 0. The summed E-state index contributed by atoms with van der Waals surface area (Å²) in [5.41, 5.74) is -10.2. The van der Waals surface area contributed by atoms with Crippen LogP contribution < -0.4 is 0 Å². The van der Waals surface area contributed by atoms with Gasteiger partial charge < -0.3 is 43.0 Å². The van der Waals surface area contributed by atoms with Crippen LogP contribution in [-0.2, 0) is 71.5 Å². The van der Waals surface area contributed by atoms with E-state index >= 15 is 4.79 Å². The molecule has 2 aliphatic carbocycles. The van der Waals surface area contributed by atoms with Gasteiger partial charge in [-0.15, -0.1) is 0 Å². The molecule has 1 N–H and O–H groups in total. The number of fused-ring (bicyclic) bond motifs is 5. The Kier molecular flexibility index (Phi) is 10.4. The number of carbonyl (C=O) groups excluding carboxylic acids is 8. The van der Waals surface area contributed by atoms with Crippen LogP contribution in [0.3, 0.4) is 0 Å². The number of Topliss-reactive ketones (excluding diaryl/α,β-unsaturated/α-hetero) is 1. The summed E-state index contributed by atoms with van der Waals surface area (Å²) in [7, 11) is 0. The monoisotopic (exact) mass is 761 g/mol. The second-order valence-corrected chi connectivity index (χ2v) is 14.6. The van der Waals surface area contributed by atoms with Crippen molar-refractivity contribution in [3.63, 3.8) is 0 Å². The lowest BCUT2D eigenvalue weighted by molar-refractivity contribution is -0.376. The van der Waals surface area contributed by atoms with E-state index in [0.717, 1.165) is 41.5 Å². The maximum Gasteiger partial charge on any atom is 0.340 e. The summed E-state index contributed by atoms with van der Waals surface area (Å²) in [6, 6.07) is 2.88. The van der Waals surface area contributed by atoms with Gasteiger partial charge in [-0.3, -0.25) is 38.5 Å². The number of nitrogens with zero attached hydrogens (tertiary/aromatic N) is 1. The van der Waals surface area contributed by atoms with Crippen LogP contribution in [0, 0.1) is 17.3 Å². The minimum absolute atomic E-state index is 0.0470. The fourth-order valence-corrected chi connectivity index (χ4v) is 8.70. The molecule has 0 amide bonds. The van der Waals surface area contributed by atoms with Gasteiger partial charge in [0, 0.05) is 46.7 Å². The second-order valence-electron chi connectivity index (χ2n) is 14.6. The number of rotatable bonds is 6. The standard InChI is InChI=1S/C36H43NO17/c1-15-16(2)31(44)53-29-26(49-18(4)39)30(52-21(7)42)35(14-47-17(3)38)28(51-20(6)41)25(43)23-27(50-19(5)40)36(35,34(29,9)46)54-33(23,8)13-48-32(45)22-11-10-12-37-24(15)22/h10-12,15-16,23,26-30,46H,13-14H2,1-9H3/t15-,16-,23-,26-,27+,28+,29-,30-,33-,34-,35+,36+/m1/s1. The molecular weight excluding hydrogens is 718 g/mol. The Morgan fingerprint density at radius 1 is 0.852 bits per heavy atom. The summed E-state index contributed by atoms with van der Waals surface area (Å²) in [6.07, 6.45) is -9.01. The smallest absolute Gasteiger partial charge is 0.340 e. The van der Waals surface area contributed by atoms with Crippen molar-refractivity contribution in [2.75, 3.05) is 13.2 Å². The van der Waals surface area contributed by atoms with E-state index in [-0.39, 0.29) is 11.3 Å². The number of cyclic esters (lactones) is 1. The molecule has 4 bridgehead atoms. The van der Waals surface area contributed by atoms with Gasteiger partial charge in [0.15, 0.2) is 35.8 Å². The molecule has 0 radical (unpaired) electrons. The SMILES string of the molecule is CC(=O)OC[C@]12[C@H](OC(C)=O)[C@H](OC(C)=O)[C@H]3OC(=O)[C@H](C)[C@@H](C)c4ncccc4C(=O)OC[C@@]4(C)O[C@@]1([C@@H](OC(C)=O)[C@H]4C(=O)[C@@H]2OC(C)=O)[C@]3(C)O. The van der Waals surface area contributed by atoms with E-state index < -0.39 is 131 Å². The topological polar surface area (TPSA) is 244 Å². The first-order valence-electron chi connectivity index (χ1n) is 17.2. The highest BCUT2D eigenvalue weighted by Gasteiger charge is 2.91. The third-order valence-electron chi connectivity index (χ3n) is 10.9. The van der Waals surface area contributed by atoms with E-state index in [9.17, 15) is 38.7 Å². The van der Waals surface area contributed by atoms with Gasteiger partial charge >= 0.3 is 41.8 Å². The normalized spacial score (nSPS) is 38.4. The van der Waals surface area contributed by atoms with Crippen LogP contribution in [0.1, 0.15) is 84.3 Å². The maximum absolute atomic E-state index is 15.1. The fraction of sp³-hybridized carbons (Fsp3) is 0.639. The van der Waals surface area contributed by atoms with Crippen LogP contribution in [-0.4, -0.2) is 118 Å². The molecule has 1 aromatic heterocycles. The lowest BCUT2D eigenvalue weighted by Gasteiger charge is -2.66. The van der Waals surface area contributed by atoms with Crippen molar-refractivity contribution in [3.8, 4) is 0 Å². The Hall–Kier alpha value is -4.97. The third-order valence-corrected chi connectivity index (χ3v) is 10.9. The van der Waals surface area contributed by atoms with Crippen LogP contribution in [0.15, 0.2) is 18.3 Å². The summed E-state index contributed by atoms with van der Waals surface area (Å²) in [5, 5.41) is 13.2. The number of hydrogen-bond donors (Lipinski definition) is 1. The zero-order valence-electron chi connectivity index (χ0n) is 31.2. The number of hydrogen-bond acceptors (Lipinski definition) is 18. The van der Waals surface area contributed by atoms with E-state index in [1.165, 1.54) is 32.2 Å². The number of esters is 7. The second kappa shape index (κ2) is 14.0. The first-order chi connectivity index (χ1) is 25.1. The summed E-state index contributed by atoms with van der Waals surface area (Å²) in [4.78, 5) is 112. The molecule has 3 fully saturated rings. The molecule has 1 aromatic rings. The Balaban J connectivity index is 1.97. The van der Waals surface area contributed by atoms with E-state index in [2.05, 4.69) is 4.98 Å². The highest BCUT2D eigenvalue weighted by atomic mass is 16.7. The fourth-order valence-electron chi connectivity index (χ4n) is 8.70. The van der Waals surface area contributed by atoms with Crippen molar-refractivity contribution in [2.24, 2.45) is 17.3 Å². The number of ether oxygens (including phenoxy) is 8. The minimum Gasteiger partial charge on any atom is -0.465 e. The van der Waals surface area contributed by atoms with Crippen molar-refractivity contribution in [1.82, 2.24) is 4.98 Å². The molecule has 294 valence electrons. The molecule has 2 saturated carbocycles. The van der Waals surface area contributed by atoms with E-state index in [4.69, 9.17) is 37.9 Å². The van der Waals surface area contributed by atoms with Gasteiger partial charge in [0.25, 0.3) is 0 Å². The lowest BCUT2D eigenvalue weighted by atomic mass is 9.45. The van der Waals surface area contributed by atoms with Crippen molar-refractivity contribution >= 4 is 47.6 Å². The predicted molar refractivity (Wildman–Crippen MR) is 175 cm³/mol. The average molecular weight is 762 g/mol. The summed E-state index contributed by atoms with van der Waals surface area (Å²) in [5.74, 6) is -12.0. The van der Waals surface area contributed by atoms with Crippen molar-refractivity contribution in [2.45, 2.75) is 116 Å².